The van der Waals surface area contributed by atoms with E-state index in [-0.39, 0.29) is 11.7 Å². The lowest BCUT2D eigenvalue weighted by Crippen LogP contribution is -2.36. The summed E-state index contributed by atoms with van der Waals surface area (Å²) in [5.41, 5.74) is -0.750. The molecular weight excluding hydrogens is 308 g/mol. The molecule has 2 atom stereocenters. The lowest BCUT2D eigenvalue weighted by atomic mass is 9.75. The first-order chi connectivity index (χ1) is 10.9. The molecule has 0 aliphatic carbocycles. The van der Waals surface area contributed by atoms with E-state index in [0.29, 0.717) is 5.56 Å². The van der Waals surface area contributed by atoms with Crippen molar-refractivity contribution in [3.63, 3.8) is 0 Å². The highest BCUT2D eigenvalue weighted by molar-refractivity contribution is 5.94. The summed E-state index contributed by atoms with van der Waals surface area (Å²) in [6.07, 6.45) is 0.375. The van der Waals surface area contributed by atoms with Crippen LogP contribution >= 0.6 is 0 Å². The predicted octanol–water partition coefficient (Wildman–Crippen LogP) is 2.93. The van der Waals surface area contributed by atoms with Gasteiger partial charge in [-0.3, -0.25) is 9.59 Å². The van der Waals surface area contributed by atoms with Crippen LogP contribution in [0.25, 0.3) is 0 Å². The molecule has 6 heteroatoms. The van der Waals surface area contributed by atoms with Gasteiger partial charge in [0.25, 0.3) is 0 Å². The van der Waals surface area contributed by atoms with Crippen molar-refractivity contribution >= 4 is 17.7 Å². The van der Waals surface area contributed by atoms with Crippen molar-refractivity contribution < 1.29 is 19.4 Å². The van der Waals surface area contributed by atoms with Crippen molar-refractivity contribution in [1.29, 1.82) is 0 Å². The van der Waals surface area contributed by atoms with Gasteiger partial charge in [0, 0.05) is 17.2 Å². The number of aromatic nitrogens is 1. The maximum absolute atomic E-state index is 12.2. The van der Waals surface area contributed by atoms with Crippen LogP contribution in [0.5, 0.6) is 0 Å². The Morgan fingerprint density at radius 2 is 1.79 bits per heavy atom. The molecule has 6 nitrogen and oxygen atoms in total. The molecule has 0 aliphatic rings. The summed E-state index contributed by atoms with van der Waals surface area (Å²) in [4.78, 5) is 28.6. The van der Waals surface area contributed by atoms with E-state index in [1.807, 2.05) is 20.8 Å². The molecule has 0 saturated carbocycles. The number of carbonyl (C=O) groups is 2. The molecule has 0 aliphatic heterocycles. The third-order valence-electron chi connectivity index (χ3n) is 3.77. The molecule has 0 aromatic carbocycles. The molecule has 1 aromatic heterocycles. The van der Waals surface area contributed by atoms with Gasteiger partial charge in [0.1, 0.15) is 5.82 Å². The van der Waals surface area contributed by atoms with Crippen LogP contribution in [-0.4, -0.2) is 29.1 Å². The minimum absolute atomic E-state index is 0.222. The minimum atomic E-state index is -1.15. The molecule has 1 amide bonds. The normalized spacial score (nSPS) is 14.7. The van der Waals surface area contributed by atoms with Crippen LogP contribution in [0.1, 0.15) is 53.2 Å². The molecule has 1 rings (SSSR count). The summed E-state index contributed by atoms with van der Waals surface area (Å²) in [7, 11) is 1.29. The largest absolute Gasteiger partial charge is 0.469 e. The van der Waals surface area contributed by atoms with Gasteiger partial charge in [-0.05, 0) is 11.5 Å². The average molecular weight is 336 g/mol. The quantitative estimate of drug-likeness (QED) is 0.825. The molecule has 134 valence electrons. The van der Waals surface area contributed by atoms with Crippen molar-refractivity contribution in [3.8, 4) is 0 Å². The van der Waals surface area contributed by atoms with Gasteiger partial charge in [-0.25, -0.2) is 4.98 Å². The fraction of sp³-hybridized carbons (Fsp3) is 0.611. The van der Waals surface area contributed by atoms with E-state index in [9.17, 15) is 14.7 Å². The number of nitrogens with zero attached hydrogens (tertiary/aromatic N) is 1. The molecule has 1 heterocycles. The standard InChI is InChI=1S/C18H28N2O4/c1-17(2,3)12(15(22)24-7)13(21)11-9-8-10-19-14(11)20-16(23)18(4,5)6/h8-10,12-13,21H,1-7H3,(H,19,20,23)/t12-,13+/m0/s1. The van der Waals surface area contributed by atoms with Crippen LogP contribution < -0.4 is 5.32 Å². The van der Waals surface area contributed by atoms with Crippen LogP contribution in [0, 0.1) is 16.7 Å². The van der Waals surface area contributed by atoms with Gasteiger partial charge in [-0.2, -0.15) is 0 Å². The Morgan fingerprint density at radius 1 is 1.21 bits per heavy atom. The fourth-order valence-corrected chi connectivity index (χ4v) is 2.32. The van der Waals surface area contributed by atoms with Crippen molar-refractivity contribution in [1.82, 2.24) is 4.98 Å². The minimum Gasteiger partial charge on any atom is -0.469 e. The van der Waals surface area contributed by atoms with E-state index in [1.165, 1.54) is 13.3 Å². The molecule has 0 fully saturated rings. The third kappa shape index (κ3) is 4.77. The molecule has 0 radical (unpaired) electrons. The molecule has 0 spiro atoms. The fourth-order valence-electron chi connectivity index (χ4n) is 2.32. The summed E-state index contributed by atoms with van der Waals surface area (Å²) in [6, 6.07) is 3.31. The molecule has 0 saturated heterocycles. The number of hydrogen-bond acceptors (Lipinski definition) is 5. The highest BCUT2D eigenvalue weighted by Gasteiger charge is 2.40. The number of aliphatic hydroxyl groups is 1. The number of methoxy groups -OCH3 is 1. The topological polar surface area (TPSA) is 88.5 Å². The zero-order valence-corrected chi connectivity index (χ0v) is 15.5. The van der Waals surface area contributed by atoms with Gasteiger partial charge < -0.3 is 15.2 Å². The number of pyridine rings is 1. The van der Waals surface area contributed by atoms with E-state index in [4.69, 9.17) is 4.74 Å². The Morgan fingerprint density at radius 3 is 2.25 bits per heavy atom. The third-order valence-corrected chi connectivity index (χ3v) is 3.77. The summed E-state index contributed by atoms with van der Waals surface area (Å²) >= 11 is 0. The van der Waals surface area contributed by atoms with Crippen molar-refractivity contribution in [2.45, 2.75) is 47.6 Å². The second-order valence-corrected chi connectivity index (χ2v) is 7.96. The first-order valence-electron chi connectivity index (χ1n) is 7.92. The Labute approximate surface area is 143 Å². The van der Waals surface area contributed by atoms with Gasteiger partial charge in [0.2, 0.25) is 5.91 Å². The highest BCUT2D eigenvalue weighted by atomic mass is 16.5. The van der Waals surface area contributed by atoms with Crippen molar-refractivity contribution in [2.75, 3.05) is 12.4 Å². The summed E-state index contributed by atoms with van der Waals surface area (Å²) in [6.45, 7) is 10.9. The molecule has 0 unspecified atom stereocenters. The van der Waals surface area contributed by atoms with E-state index in [1.54, 1.807) is 32.9 Å². The van der Waals surface area contributed by atoms with Crippen LogP contribution in [-0.2, 0) is 14.3 Å². The number of esters is 1. The van der Waals surface area contributed by atoms with Crippen LogP contribution in [0.2, 0.25) is 0 Å². The lowest BCUT2D eigenvalue weighted by Gasteiger charge is -2.33. The number of rotatable bonds is 4. The lowest BCUT2D eigenvalue weighted by molar-refractivity contribution is -0.155. The highest BCUT2D eigenvalue weighted by Crippen LogP contribution is 2.39. The number of amides is 1. The zero-order chi connectivity index (χ0) is 18.7. The van der Waals surface area contributed by atoms with Crippen molar-refractivity contribution in [3.05, 3.63) is 23.9 Å². The van der Waals surface area contributed by atoms with Crippen LogP contribution in [0.15, 0.2) is 18.3 Å². The number of anilines is 1. The Balaban J connectivity index is 3.25. The molecule has 1 aromatic rings. The Kier molecular flexibility index (Phi) is 6.11. The van der Waals surface area contributed by atoms with Gasteiger partial charge in [0.05, 0.1) is 19.1 Å². The van der Waals surface area contributed by atoms with Crippen LogP contribution in [0.4, 0.5) is 5.82 Å². The predicted molar refractivity (Wildman–Crippen MR) is 92.2 cm³/mol. The molecule has 0 bridgehead atoms. The number of hydrogen-bond donors (Lipinski definition) is 2. The maximum atomic E-state index is 12.2. The van der Waals surface area contributed by atoms with Gasteiger partial charge in [-0.1, -0.05) is 47.6 Å². The monoisotopic (exact) mass is 336 g/mol. The van der Waals surface area contributed by atoms with Gasteiger partial charge >= 0.3 is 5.97 Å². The van der Waals surface area contributed by atoms with Gasteiger partial charge in [0.15, 0.2) is 0 Å². The van der Waals surface area contributed by atoms with E-state index >= 15 is 0 Å². The maximum Gasteiger partial charge on any atom is 0.312 e. The van der Waals surface area contributed by atoms with Crippen LogP contribution in [0.3, 0.4) is 0 Å². The summed E-state index contributed by atoms with van der Waals surface area (Å²) < 4.78 is 4.85. The van der Waals surface area contributed by atoms with E-state index < -0.39 is 28.8 Å². The number of aliphatic hydroxyl groups excluding tert-OH is 1. The Hall–Kier alpha value is -1.95. The molecule has 2 N–H and O–H groups in total. The first kappa shape index (κ1) is 20.1. The summed E-state index contributed by atoms with van der Waals surface area (Å²) in [5.74, 6) is -1.27. The smallest absolute Gasteiger partial charge is 0.312 e. The van der Waals surface area contributed by atoms with E-state index in [2.05, 4.69) is 10.3 Å². The molecular formula is C18H28N2O4. The Bertz CT molecular complexity index is 600. The van der Waals surface area contributed by atoms with Gasteiger partial charge in [-0.15, -0.1) is 0 Å². The number of nitrogens with one attached hydrogen (secondary N) is 1. The second-order valence-electron chi connectivity index (χ2n) is 7.96. The molecule has 24 heavy (non-hydrogen) atoms. The average Bonchev–Trinajstić information content (AvgIpc) is 2.45. The van der Waals surface area contributed by atoms with Crippen molar-refractivity contribution in [2.24, 2.45) is 16.7 Å². The number of carbonyl (C=O) groups excluding carboxylic acids is 2. The zero-order valence-electron chi connectivity index (χ0n) is 15.5. The second kappa shape index (κ2) is 7.30. The first-order valence-corrected chi connectivity index (χ1v) is 7.92. The number of ether oxygens (including phenoxy) is 1. The summed E-state index contributed by atoms with van der Waals surface area (Å²) in [5, 5.41) is 13.6. The SMILES string of the molecule is COC(=O)[C@H]([C@H](O)c1cccnc1NC(=O)C(C)(C)C)C(C)(C)C. The van der Waals surface area contributed by atoms with E-state index in [0.717, 1.165) is 0 Å².